The van der Waals surface area contributed by atoms with Crippen molar-refractivity contribution >= 4 is 5.82 Å². The first kappa shape index (κ1) is 10.4. The molecular formula is C11H18N4. The Kier molecular flexibility index (Phi) is 3.91. The number of aromatic nitrogens is 2. The third kappa shape index (κ3) is 3.47. The van der Waals surface area contributed by atoms with Crippen molar-refractivity contribution in [3.8, 4) is 0 Å². The molecule has 1 atom stereocenters. The summed E-state index contributed by atoms with van der Waals surface area (Å²) in [4.78, 5) is 8.18. The third-order valence-electron chi connectivity index (χ3n) is 2.82. The average molecular weight is 206 g/mol. The van der Waals surface area contributed by atoms with Crippen molar-refractivity contribution in [1.82, 2.24) is 15.3 Å². The highest BCUT2D eigenvalue weighted by atomic mass is 15.0. The summed E-state index contributed by atoms with van der Waals surface area (Å²) in [6.07, 6.45) is 9.05. The standard InChI is InChI=1S/C11H18N4/c1-2-10(8-12-4-1)3-5-14-11-9-13-6-7-15-11/h6-7,9-10,12H,1-5,8H2,(H,14,15). The van der Waals surface area contributed by atoms with Gasteiger partial charge in [0.25, 0.3) is 0 Å². The molecule has 0 spiro atoms. The van der Waals surface area contributed by atoms with Crippen LogP contribution in [0.3, 0.4) is 0 Å². The van der Waals surface area contributed by atoms with Crippen LogP contribution in [-0.4, -0.2) is 29.6 Å². The van der Waals surface area contributed by atoms with Crippen LogP contribution in [0.5, 0.6) is 0 Å². The van der Waals surface area contributed by atoms with Crippen molar-refractivity contribution in [2.75, 3.05) is 25.0 Å². The lowest BCUT2D eigenvalue weighted by atomic mass is 9.96. The van der Waals surface area contributed by atoms with Crippen LogP contribution in [0.25, 0.3) is 0 Å². The third-order valence-corrected chi connectivity index (χ3v) is 2.82. The fraction of sp³-hybridized carbons (Fsp3) is 0.636. The molecule has 1 aromatic rings. The first-order valence-corrected chi connectivity index (χ1v) is 5.66. The minimum atomic E-state index is 0.822. The van der Waals surface area contributed by atoms with Crippen LogP contribution in [0.2, 0.25) is 0 Å². The van der Waals surface area contributed by atoms with Crippen molar-refractivity contribution < 1.29 is 0 Å². The van der Waals surface area contributed by atoms with Crippen molar-refractivity contribution in [3.63, 3.8) is 0 Å². The molecule has 2 N–H and O–H groups in total. The van der Waals surface area contributed by atoms with E-state index in [1.54, 1.807) is 18.6 Å². The van der Waals surface area contributed by atoms with E-state index in [-0.39, 0.29) is 0 Å². The maximum absolute atomic E-state index is 4.17. The highest BCUT2D eigenvalue weighted by molar-refractivity contribution is 5.29. The van der Waals surface area contributed by atoms with E-state index in [4.69, 9.17) is 0 Å². The Morgan fingerprint density at radius 1 is 1.47 bits per heavy atom. The number of piperidine rings is 1. The van der Waals surface area contributed by atoms with Gasteiger partial charge in [-0.3, -0.25) is 4.98 Å². The summed E-state index contributed by atoms with van der Waals surface area (Å²) in [6.45, 7) is 3.35. The summed E-state index contributed by atoms with van der Waals surface area (Å²) < 4.78 is 0. The van der Waals surface area contributed by atoms with Crippen LogP contribution >= 0.6 is 0 Å². The minimum Gasteiger partial charge on any atom is -0.369 e. The molecule has 0 aliphatic carbocycles. The average Bonchev–Trinajstić information content (AvgIpc) is 2.32. The van der Waals surface area contributed by atoms with E-state index in [0.29, 0.717) is 0 Å². The molecule has 1 aliphatic heterocycles. The van der Waals surface area contributed by atoms with Crippen LogP contribution in [0.1, 0.15) is 19.3 Å². The van der Waals surface area contributed by atoms with Gasteiger partial charge < -0.3 is 10.6 Å². The molecule has 0 radical (unpaired) electrons. The quantitative estimate of drug-likeness (QED) is 0.779. The highest BCUT2D eigenvalue weighted by Crippen LogP contribution is 2.13. The summed E-state index contributed by atoms with van der Waals surface area (Å²) in [5.41, 5.74) is 0. The van der Waals surface area contributed by atoms with E-state index < -0.39 is 0 Å². The molecule has 0 aromatic carbocycles. The van der Waals surface area contributed by atoms with Gasteiger partial charge >= 0.3 is 0 Å². The predicted octanol–water partition coefficient (Wildman–Crippen LogP) is 1.28. The van der Waals surface area contributed by atoms with Gasteiger partial charge in [0.1, 0.15) is 5.82 Å². The second kappa shape index (κ2) is 5.66. The first-order chi connectivity index (χ1) is 7.45. The van der Waals surface area contributed by atoms with Gasteiger partial charge in [0.15, 0.2) is 0 Å². The largest absolute Gasteiger partial charge is 0.369 e. The van der Waals surface area contributed by atoms with Crippen LogP contribution in [0.4, 0.5) is 5.82 Å². The number of anilines is 1. The lowest BCUT2D eigenvalue weighted by Gasteiger charge is -2.22. The molecule has 15 heavy (non-hydrogen) atoms. The fourth-order valence-corrected chi connectivity index (χ4v) is 1.97. The molecule has 4 heteroatoms. The van der Waals surface area contributed by atoms with Crippen LogP contribution < -0.4 is 10.6 Å². The van der Waals surface area contributed by atoms with Gasteiger partial charge in [0.05, 0.1) is 6.20 Å². The molecule has 0 saturated carbocycles. The Labute approximate surface area is 90.5 Å². The zero-order valence-electron chi connectivity index (χ0n) is 8.95. The van der Waals surface area contributed by atoms with Gasteiger partial charge in [-0.2, -0.15) is 0 Å². The molecule has 1 saturated heterocycles. The second-order valence-electron chi connectivity index (χ2n) is 4.02. The molecule has 1 fully saturated rings. The first-order valence-electron chi connectivity index (χ1n) is 5.66. The van der Waals surface area contributed by atoms with Gasteiger partial charge in [-0.05, 0) is 38.3 Å². The lowest BCUT2D eigenvalue weighted by molar-refractivity contribution is 0.364. The smallest absolute Gasteiger partial charge is 0.144 e. The van der Waals surface area contributed by atoms with Crippen molar-refractivity contribution in [2.45, 2.75) is 19.3 Å². The van der Waals surface area contributed by atoms with Gasteiger partial charge in [-0.1, -0.05) is 0 Å². The SMILES string of the molecule is c1cnc(NCCC2CCCNC2)cn1. The molecule has 0 bridgehead atoms. The number of nitrogens with one attached hydrogen (secondary N) is 2. The van der Waals surface area contributed by atoms with Crippen LogP contribution in [-0.2, 0) is 0 Å². The van der Waals surface area contributed by atoms with E-state index >= 15 is 0 Å². The second-order valence-corrected chi connectivity index (χ2v) is 4.02. The number of hydrogen-bond donors (Lipinski definition) is 2. The number of rotatable bonds is 4. The molecule has 1 unspecified atom stereocenters. The molecule has 0 amide bonds. The molecular weight excluding hydrogens is 188 g/mol. The van der Waals surface area contributed by atoms with Gasteiger partial charge in [0, 0.05) is 18.9 Å². The Hall–Kier alpha value is -1.16. The van der Waals surface area contributed by atoms with E-state index in [1.165, 1.54) is 32.4 Å². The Morgan fingerprint density at radius 3 is 3.20 bits per heavy atom. The normalized spacial score (nSPS) is 21.2. The maximum Gasteiger partial charge on any atom is 0.144 e. The topological polar surface area (TPSA) is 49.8 Å². The fourth-order valence-electron chi connectivity index (χ4n) is 1.97. The van der Waals surface area contributed by atoms with E-state index in [9.17, 15) is 0 Å². The molecule has 4 nitrogen and oxygen atoms in total. The molecule has 2 rings (SSSR count). The Bertz CT molecular complexity index is 269. The summed E-state index contributed by atoms with van der Waals surface area (Å²) in [5.74, 6) is 1.70. The Morgan fingerprint density at radius 2 is 2.47 bits per heavy atom. The summed E-state index contributed by atoms with van der Waals surface area (Å²) >= 11 is 0. The summed E-state index contributed by atoms with van der Waals surface area (Å²) in [6, 6.07) is 0. The molecule has 1 aliphatic rings. The van der Waals surface area contributed by atoms with Crippen molar-refractivity contribution in [3.05, 3.63) is 18.6 Å². The van der Waals surface area contributed by atoms with Crippen molar-refractivity contribution in [1.29, 1.82) is 0 Å². The zero-order chi connectivity index (χ0) is 10.3. The van der Waals surface area contributed by atoms with Crippen molar-refractivity contribution in [2.24, 2.45) is 5.92 Å². The van der Waals surface area contributed by atoms with E-state index in [2.05, 4.69) is 20.6 Å². The predicted molar refractivity (Wildman–Crippen MR) is 60.7 cm³/mol. The monoisotopic (exact) mass is 206 g/mol. The highest BCUT2D eigenvalue weighted by Gasteiger charge is 2.11. The molecule has 82 valence electrons. The molecule has 2 heterocycles. The lowest BCUT2D eigenvalue weighted by Crippen LogP contribution is -2.30. The maximum atomic E-state index is 4.17. The van der Waals surface area contributed by atoms with Gasteiger partial charge in [-0.15, -0.1) is 0 Å². The van der Waals surface area contributed by atoms with E-state index in [1.807, 2.05) is 0 Å². The van der Waals surface area contributed by atoms with Gasteiger partial charge in [-0.25, -0.2) is 4.98 Å². The van der Waals surface area contributed by atoms with Crippen LogP contribution in [0, 0.1) is 5.92 Å². The zero-order valence-corrected chi connectivity index (χ0v) is 8.95. The Balaban J connectivity index is 1.66. The minimum absolute atomic E-state index is 0.822. The summed E-state index contributed by atoms with van der Waals surface area (Å²) in [5, 5.41) is 6.72. The summed E-state index contributed by atoms with van der Waals surface area (Å²) in [7, 11) is 0. The number of nitrogens with zero attached hydrogens (tertiary/aromatic N) is 2. The molecule has 1 aromatic heterocycles. The number of hydrogen-bond acceptors (Lipinski definition) is 4. The van der Waals surface area contributed by atoms with E-state index in [0.717, 1.165) is 18.3 Å². The van der Waals surface area contributed by atoms with Gasteiger partial charge in [0.2, 0.25) is 0 Å². The van der Waals surface area contributed by atoms with Crippen LogP contribution in [0.15, 0.2) is 18.6 Å².